The van der Waals surface area contributed by atoms with Gasteiger partial charge in [-0.25, -0.2) is 9.59 Å². The van der Waals surface area contributed by atoms with E-state index in [4.69, 9.17) is 4.74 Å². The zero-order valence-electron chi connectivity index (χ0n) is 7.80. The number of nitrogens with one attached hydrogen (secondary N) is 1. The second kappa shape index (κ2) is 5.48. The minimum Gasteiger partial charge on any atom is -0.443 e. The van der Waals surface area contributed by atoms with E-state index >= 15 is 0 Å². The van der Waals surface area contributed by atoms with E-state index < -0.39 is 12.2 Å². The van der Waals surface area contributed by atoms with Crippen molar-refractivity contribution in [3.05, 3.63) is 35.9 Å². The second-order valence-corrected chi connectivity index (χ2v) is 2.58. The first-order chi connectivity index (χ1) is 7.18. The highest BCUT2D eigenvalue weighted by atomic mass is 16.7. The molecule has 80 valence electrons. The van der Waals surface area contributed by atoms with Crippen molar-refractivity contribution >= 4 is 12.2 Å². The number of rotatable bonds is 2. The molecule has 0 unspecified atom stereocenters. The van der Waals surface area contributed by atoms with Gasteiger partial charge in [0.15, 0.2) is 0 Å². The lowest BCUT2D eigenvalue weighted by Gasteiger charge is -2.05. The molecule has 0 radical (unpaired) electrons. The zero-order chi connectivity index (χ0) is 11.1. The quantitative estimate of drug-likeness (QED) is 0.710. The largest absolute Gasteiger partial charge is 0.443 e. The van der Waals surface area contributed by atoms with Crippen LogP contribution in [0.4, 0.5) is 9.59 Å². The van der Waals surface area contributed by atoms with Crippen LogP contribution in [0.2, 0.25) is 0 Å². The molecule has 1 aromatic rings. The minimum atomic E-state index is -1.10. The van der Waals surface area contributed by atoms with Crippen LogP contribution in [0.15, 0.2) is 30.3 Å². The second-order valence-electron chi connectivity index (χ2n) is 2.58. The fourth-order valence-electron chi connectivity index (χ4n) is 0.845. The number of primary amides is 1. The SMILES string of the molecule is NC(=O)ONC(=O)OCc1ccccc1. The van der Waals surface area contributed by atoms with Crippen LogP contribution < -0.4 is 11.2 Å². The Kier molecular flexibility index (Phi) is 3.96. The summed E-state index contributed by atoms with van der Waals surface area (Å²) in [6.45, 7) is 0.0921. The molecule has 0 spiro atoms. The average Bonchev–Trinajstić information content (AvgIpc) is 2.25. The molecule has 1 aromatic carbocycles. The molecule has 0 heterocycles. The molecule has 0 aliphatic carbocycles. The van der Waals surface area contributed by atoms with E-state index in [1.165, 1.54) is 0 Å². The third-order valence-corrected chi connectivity index (χ3v) is 1.45. The van der Waals surface area contributed by atoms with Crippen LogP contribution in [0.3, 0.4) is 0 Å². The van der Waals surface area contributed by atoms with Crippen LogP contribution in [-0.2, 0) is 16.2 Å². The predicted octanol–water partition coefficient (Wildman–Crippen LogP) is 0.923. The Labute approximate surface area is 85.9 Å². The van der Waals surface area contributed by atoms with Gasteiger partial charge < -0.3 is 15.3 Å². The van der Waals surface area contributed by atoms with Crippen molar-refractivity contribution in [2.75, 3.05) is 0 Å². The van der Waals surface area contributed by atoms with E-state index in [2.05, 4.69) is 10.6 Å². The van der Waals surface area contributed by atoms with Crippen molar-refractivity contribution in [2.45, 2.75) is 6.61 Å². The summed E-state index contributed by atoms with van der Waals surface area (Å²) < 4.78 is 4.70. The molecule has 0 fully saturated rings. The molecule has 0 aliphatic rings. The molecule has 0 bridgehead atoms. The Morgan fingerprint density at radius 3 is 2.53 bits per heavy atom. The van der Waals surface area contributed by atoms with E-state index in [1.54, 1.807) is 17.6 Å². The van der Waals surface area contributed by atoms with Crippen molar-refractivity contribution in [3.63, 3.8) is 0 Å². The number of ether oxygens (including phenoxy) is 1. The maximum atomic E-state index is 10.9. The summed E-state index contributed by atoms with van der Waals surface area (Å²) in [5.41, 5.74) is 7.16. The van der Waals surface area contributed by atoms with Gasteiger partial charge in [0, 0.05) is 0 Å². The Hall–Kier alpha value is -2.24. The third kappa shape index (κ3) is 4.51. The van der Waals surface area contributed by atoms with Gasteiger partial charge in [0.2, 0.25) is 0 Å². The fourth-order valence-corrected chi connectivity index (χ4v) is 0.845. The summed E-state index contributed by atoms with van der Waals surface area (Å²) in [7, 11) is 0. The van der Waals surface area contributed by atoms with Crippen molar-refractivity contribution in [1.82, 2.24) is 5.48 Å². The first-order valence-corrected chi connectivity index (χ1v) is 4.11. The van der Waals surface area contributed by atoms with Crippen LogP contribution in [0.1, 0.15) is 5.56 Å². The van der Waals surface area contributed by atoms with Gasteiger partial charge in [-0.2, -0.15) is 0 Å². The monoisotopic (exact) mass is 210 g/mol. The van der Waals surface area contributed by atoms with Gasteiger partial charge >= 0.3 is 12.2 Å². The number of hydroxylamine groups is 1. The highest BCUT2D eigenvalue weighted by Gasteiger charge is 2.03. The number of hydrogen-bond donors (Lipinski definition) is 2. The van der Waals surface area contributed by atoms with Crippen LogP contribution in [-0.4, -0.2) is 12.2 Å². The van der Waals surface area contributed by atoms with Crippen LogP contribution >= 0.6 is 0 Å². The Morgan fingerprint density at radius 2 is 1.93 bits per heavy atom. The average molecular weight is 210 g/mol. The molecule has 0 atom stereocenters. The normalized spacial score (nSPS) is 9.07. The van der Waals surface area contributed by atoms with Gasteiger partial charge in [-0.15, -0.1) is 5.48 Å². The topological polar surface area (TPSA) is 90.7 Å². The van der Waals surface area contributed by atoms with Crippen molar-refractivity contribution in [1.29, 1.82) is 0 Å². The van der Waals surface area contributed by atoms with Crippen LogP contribution in [0, 0.1) is 0 Å². The molecule has 15 heavy (non-hydrogen) atoms. The summed E-state index contributed by atoms with van der Waals surface area (Å²) in [6.07, 6.45) is -1.98. The molecule has 6 nitrogen and oxygen atoms in total. The molecule has 0 saturated carbocycles. The lowest BCUT2D eigenvalue weighted by molar-refractivity contribution is 0.0647. The highest BCUT2D eigenvalue weighted by molar-refractivity contribution is 5.70. The Morgan fingerprint density at radius 1 is 1.27 bits per heavy atom. The van der Waals surface area contributed by atoms with Crippen molar-refractivity contribution in [2.24, 2.45) is 5.73 Å². The van der Waals surface area contributed by atoms with Gasteiger partial charge in [-0.05, 0) is 5.56 Å². The maximum absolute atomic E-state index is 10.9. The molecule has 2 amide bonds. The summed E-state index contributed by atoms with van der Waals surface area (Å²) in [5, 5.41) is 0. The highest BCUT2D eigenvalue weighted by Crippen LogP contribution is 2.00. The third-order valence-electron chi connectivity index (χ3n) is 1.45. The van der Waals surface area contributed by atoms with Crippen molar-refractivity contribution < 1.29 is 19.2 Å². The van der Waals surface area contributed by atoms with Gasteiger partial charge in [-0.3, -0.25) is 0 Å². The predicted molar refractivity (Wildman–Crippen MR) is 50.4 cm³/mol. The summed E-state index contributed by atoms with van der Waals surface area (Å²) in [5.74, 6) is 0. The minimum absolute atomic E-state index is 0.0921. The molecule has 0 aromatic heterocycles. The standard InChI is InChI=1S/C9H10N2O4/c10-8(12)15-11-9(13)14-6-7-4-2-1-3-5-7/h1-5H,6H2,(H2,10,12)(H,11,13). The number of carbonyl (C=O) groups excluding carboxylic acids is 2. The molecular formula is C9H10N2O4. The zero-order valence-corrected chi connectivity index (χ0v) is 7.80. The molecule has 1 rings (SSSR count). The first-order valence-electron chi connectivity index (χ1n) is 4.11. The molecule has 0 aliphatic heterocycles. The lowest BCUT2D eigenvalue weighted by Crippen LogP contribution is -2.30. The van der Waals surface area contributed by atoms with Crippen LogP contribution in [0.25, 0.3) is 0 Å². The van der Waals surface area contributed by atoms with E-state index in [-0.39, 0.29) is 6.61 Å². The number of amides is 2. The van der Waals surface area contributed by atoms with E-state index in [9.17, 15) is 9.59 Å². The molecule has 6 heteroatoms. The smallest absolute Gasteiger partial charge is 0.441 e. The number of benzene rings is 1. The van der Waals surface area contributed by atoms with Gasteiger partial charge in [0.1, 0.15) is 6.61 Å². The Bertz CT molecular complexity index is 339. The fraction of sp³-hybridized carbons (Fsp3) is 0.111. The molecule has 0 saturated heterocycles. The summed E-state index contributed by atoms with van der Waals surface area (Å²) >= 11 is 0. The van der Waals surface area contributed by atoms with Gasteiger partial charge in [0.25, 0.3) is 0 Å². The van der Waals surface area contributed by atoms with Crippen LogP contribution in [0.5, 0.6) is 0 Å². The molecular weight excluding hydrogens is 200 g/mol. The van der Waals surface area contributed by atoms with E-state index in [1.807, 2.05) is 18.2 Å². The maximum Gasteiger partial charge on any atom is 0.441 e. The number of carbonyl (C=O) groups is 2. The number of nitrogens with two attached hydrogens (primary N) is 1. The van der Waals surface area contributed by atoms with Gasteiger partial charge in [0.05, 0.1) is 0 Å². The first kappa shape index (κ1) is 10.8. The summed E-state index contributed by atoms with van der Waals surface area (Å²) in [6, 6.07) is 9.07. The lowest BCUT2D eigenvalue weighted by atomic mass is 10.2. The van der Waals surface area contributed by atoms with E-state index in [0.29, 0.717) is 0 Å². The van der Waals surface area contributed by atoms with E-state index in [0.717, 1.165) is 5.56 Å². The molecule has 3 N–H and O–H groups in total. The summed E-state index contributed by atoms with van der Waals surface area (Å²) in [4.78, 5) is 25.0. The van der Waals surface area contributed by atoms with Crippen molar-refractivity contribution in [3.8, 4) is 0 Å². The van der Waals surface area contributed by atoms with Gasteiger partial charge in [-0.1, -0.05) is 30.3 Å². The Balaban J connectivity index is 2.26. The number of hydrogen-bond acceptors (Lipinski definition) is 4.